The third kappa shape index (κ3) is 3.15. The molecule has 0 unspecified atom stereocenters. The Kier molecular flexibility index (Phi) is 4.86. The van der Waals surface area contributed by atoms with Gasteiger partial charge < -0.3 is 5.32 Å². The third-order valence-electron chi connectivity index (χ3n) is 4.47. The largest absolute Gasteiger partial charge is 0.322 e. The van der Waals surface area contributed by atoms with Crippen LogP contribution in [0.3, 0.4) is 0 Å². The van der Waals surface area contributed by atoms with Crippen molar-refractivity contribution in [1.82, 2.24) is 0 Å². The van der Waals surface area contributed by atoms with Gasteiger partial charge in [-0.15, -0.1) is 0 Å². The van der Waals surface area contributed by atoms with Gasteiger partial charge in [-0.3, -0.25) is 4.79 Å². The first kappa shape index (κ1) is 16.5. The predicted molar refractivity (Wildman–Crippen MR) is 102 cm³/mol. The molecule has 3 aromatic carbocycles. The molecule has 1 atom stereocenters. The van der Waals surface area contributed by atoms with E-state index in [1.807, 2.05) is 54.6 Å². The van der Waals surface area contributed by atoms with Gasteiger partial charge in [0.05, 0.1) is 0 Å². The number of benzene rings is 3. The molecular formula is C21H20ClNO. The highest BCUT2D eigenvalue weighted by molar-refractivity contribution is 6.36. The van der Waals surface area contributed by atoms with Crippen LogP contribution in [0.2, 0.25) is 5.02 Å². The number of carbonyl (C=O) groups excluding carboxylic acids is 1. The van der Waals surface area contributed by atoms with Crippen molar-refractivity contribution >= 4 is 34.0 Å². The van der Waals surface area contributed by atoms with Crippen molar-refractivity contribution in [2.45, 2.75) is 26.2 Å². The topological polar surface area (TPSA) is 29.1 Å². The number of para-hydroxylation sites is 1. The van der Waals surface area contributed by atoms with Crippen LogP contribution in [-0.4, -0.2) is 5.91 Å². The number of anilines is 1. The maximum atomic E-state index is 12.8. The maximum absolute atomic E-state index is 12.8. The first-order valence-corrected chi connectivity index (χ1v) is 8.57. The Morgan fingerprint density at radius 2 is 1.71 bits per heavy atom. The van der Waals surface area contributed by atoms with Crippen LogP contribution in [0.25, 0.3) is 10.8 Å². The summed E-state index contributed by atoms with van der Waals surface area (Å²) >= 11 is 6.25. The van der Waals surface area contributed by atoms with E-state index in [1.165, 1.54) is 0 Å². The summed E-state index contributed by atoms with van der Waals surface area (Å²) < 4.78 is 0. The van der Waals surface area contributed by atoms with Gasteiger partial charge in [0, 0.05) is 21.7 Å². The highest BCUT2D eigenvalue weighted by Crippen LogP contribution is 2.29. The lowest BCUT2D eigenvalue weighted by molar-refractivity contribution is 0.102. The maximum Gasteiger partial charge on any atom is 0.256 e. The number of halogens is 1. The van der Waals surface area contributed by atoms with E-state index in [1.54, 1.807) is 0 Å². The fourth-order valence-electron chi connectivity index (χ4n) is 2.92. The van der Waals surface area contributed by atoms with Gasteiger partial charge in [-0.2, -0.15) is 0 Å². The Morgan fingerprint density at radius 3 is 2.50 bits per heavy atom. The van der Waals surface area contributed by atoms with Crippen molar-refractivity contribution in [3.8, 4) is 0 Å². The monoisotopic (exact) mass is 337 g/mol. The molecule has 3 rings (SSSR count). The first-order valence-electron chi connectivity index (χ1n) is 8.19. The average molecular weight is 338 g/mol. The molecule has 3 aromatic rings. The molecular weight excluding hydrogens is 318 g/mol. The molecule has 0 aromatic heterocycles. The van der Waals surface area contributed by atoms with E-state index in [0.717, 1.165) is 28.4 Å². The number of hydrogen-bond acceptors (Lipinski definition) is 1. The highest BCUT2D eigenvalue weighted by atomic mass is 35.5. The second-order valence-corrected chi connectivity index (χ2v) is 6.40. The fraction of sp³-hybridized carbons (Fsp3) is 0.190. The molecule has 1 N–H and O–H groups in total. The Hall–Kier alpha value is -2.32. The molecule has 0 spiro atoms. The quantitative estimate of drug-likeness (QED) is 0.598. The second kappa shape index (κ2) is 7.06. The number of nitrogens with one attached hydrogen (secondary N) is 1. The molecule has 0 aliphatic carbocycles. The second-order valence-electron chi connectivity index (χ2n) is 5.99. The van der Waals surface area contributed by atoms with E-state index >= 15 is 0 Å². The number of fused-ring (bicyclic) bond motifs is 1. The molecule has 0 saturated carbocycles. The van der Waals surface area contributed by atoms with Gasteiger partial charge in [0.15, 0.2) is 0 Å². The fourth-order valence-corrected chi connectivity index (χ4v) is 3.16. The zero-order chi connectivity index (χ0) is 17.1. The summed E-state index contributed by atoms with van der Waals surface area (Å²) in [5.74, 6) is 0.280. The summed E-state index contributed by atoms with van der Waals surface area (Å²) in [5, 5.41) is 5.48. The number of carbonyl (C=O) groups is 1. The van der Waals surface area contributed by atoms with Gasteiger partial charge >= 0.3 is 0 Å². The van der Waals surface area contributed by atoms with Gasteiger partial charge in [-0.05, 0) is 41.5 Å². The van der Waals surface area contributed by atoms with Crippen molar-refractivity contribution in [1.29, 1.82) is 0 Å². The number of hydrogen-bond donors (Lipinski definition) is 1. The summed E-state index contributed by atoms with van der Waals surface area (Å²) in [6.45, 7) is 4.32. The number of rotatable bonds is 4. The van der Waals surface area contributed by atoms with Gasteiger partial charge in [0.25, 0.3) is 5.91 Å². The van der Waals surface area contributed by atoms with E-state index in [9.17, 15) is 4.79 Å². The molecule has 0 aliphatic rings. The molecule has 24 heavy (non-hydrogen) atoms. The zero-order valence-corrected chi connectivity index (χ0v) is 14.6. The molecule has 0 bridgehead atoms. The molecule has 0 radical (unpaired) electrons. The van der Waals surface area contributed by atoms with Crippen LogP contribution >= 0.6 is 11.6 Å². The van der Waals surface area contributed by atoms with Crippen LogP contribution in [0.1, 0.15) is 42.1 Å². The predicted octanol–water partition coefficient (Wildman–Crippen LogP) is 6.26. The van der Waals surface area contributed by atoms with Crippen LogP contribution in [0.4, 0.5) is 5.69 Å². The molecule has 122 valence electrons. The normalized spacial score (nSPS) is 12.1. The first-order chi connectivity index (χ1) is 11.6. The van der Waals surface area contributed by atoms with E-state index in [0.29, 0.717) is 16.5 Å². The SMILES string of the molecule is CC[C@H](C)c1ccccc1NC(=O)c1cccc2c(Cl)cccc12. The van der Waals surface area contributed by atoms with Crippen LogP contribution in [0.15, 0.2) is 60.7 Å². The third-order valence-corrected chi connectivity index (χ3v) is 4.80. The van der Waals surface area contributed by atoms with Crippen LogP contribution in [0, 0.1) is 0 Å². The van der Waals surface area contributed by atoms with Crippen LogP contribution < -0.4 is 5.32 Å². The van der Waals surface area contributed by atoms with E-state index in [-0.39, 0.29) is 5.91 Å². The van der Waals surface area contributed by atoms with Crippen molar-refractivity contribution in [2.24, 2.45) is 0 Å². The van der Waals surface area contributed by atoms with Gasteiger partial charge in [-0.1, -0.05) is 67.9 Å². The van der Waals surface area contributed by atoms with Crippen molar-refractivity contribution in [3.05, 3.63) is 76.8 Å². The summed E-state index contributed by atoms with van der Waals surface area (Å²) in [4.78, 5) is 12.8. The van der Waals surface area contributed by atoms with Gasteiger partial charge in [-0.25, -0.2) is 0 Å². The average Bonchev–Trinajstić information content (AvgIpc) is 2.61. The Balaban J connectivity index is 1.99. The van der Waals surface area contributed by atoms with Crippen molar-refractivity contribution in [2.75, 3.05) is 5.32 Å². The Morgan fingerprint density at radius 1 is 1.00 bits per heavy atom. The molecule has 0 fully saturated rings. The summed E-state index contributed by atoms with van der Waals surface area (Å²) in [5.41, 5.74) is 2.66. The van der Waals surface area contributed by atoms with Crippen LogP contribution in [-0.2, 0) is 0 Å². The van der Waals surface area contributed by atoms with Crippen LogP contribution in [0.5, 0.6) is 0 Å². The van der Waals surface area contributed by atoms with Gasteiger partial charge in [0.1, 0.15) is 0 Å². The molecule has 3 heteroatoms. The molecule has 0 saturated heterocycles. The summed E-state index contributed by atoms with van der Waals surface area (Å²) in [6, 6.07) is 19.2. The standard InChI is InChI=1S/C21H20ClNO/c1-3-14(2)15-8-4-5-13-20(15)23-21(24)18-11-6-10-17-16(18)9-7-12-19(17)22/h4-14H,3H2,1-2H3,(H,23,24)/t14-/m0/s1. The number of amides is 1. The Labute approximate surface area is 147 Å². The van der Waals surface area contributed by atoms with E-state index in [2.05, 4.69) is 25.2 Å². The molecule has 0 aliphatic heterocycles. The smallest absolute Gasteiger partial charge is 0.256 e. The van der Waals surface area contributed by atoms with E-state index < -0.39 is 0 Å². The zero-order valence-electron chi connectivity index (χ0n) is 13.8. The minimum atomic E-state index is -0.112. The van der Waals surface area contributed by atoms with Crippen molar-refractivity contribution in [3.63, 3.8) is 0 Å². The molecule has 1 amide bonds. The highest BCUT2D eigenvalue weighted by Gasteiger charge is 2.14. The summed E-state index contributed by atoms with van der Waals surface area (Å²) in [7, 11) is 0. The van der Waals surface area contributed by atoms with Gasteiger partial charge in [0.2, 0.25) is 0 Å². The van der Waals surface area contributed by atoms with Crippen molar-refractivity contribution < 1.29 is 4.79 Å². The minimum absolute atomic E-state index is 0.112. The Bertz CT molecular complexity index is 888. The molecule has 0 heterocycles. The lowest BCUT2D eigenvalue weighted by atomic mass is 9.96. The molecule has 2 nitrogen and oxygen atoms in total. The summed E-state index contributed by atoms with van der Waals surface area (Å²) in [6.07, 6.45) is 1.02. The lowest BCUT2D eigenvalue weighted by Gasteiger charge is -2.16. The lowest BCUT2D eigenvalue weighted by Crippen LogP contribution is -2.14. The van der Waals surface area contributed by atoms with E-state index in [4.69, 9.17) is 11.6 Å². The minimum Gasteiger partial charge on any atom is -0.322 e.